The number of Topliss-reactive ketones (excluding diaryl/α,β-unsaturated/α-hetero) is 1. The molecule has 0 fully saturated rings. The topological polar surface area (TPSA) is 17.1 Å². The normalized spacial score (nSPS) is 12.5. The molecule has 0 N–H and O–H groups in total. The van der Waals surface area contributed by atoms with Crippen LogP contribution in [0.4, 0.5) is 0 Å². The van der Waals surface area contributed by atoms with Gasteiger partial charge in [0.05, 0.1) is 0 Å². The van der Waals surface area contributed by atoms with Crippen LogP contribution in [0.1, 0.15) is 51.9 Å². The zero-order valence-corrected chi connectivity index (χ0v) is 14.1. The molecule has 0 aromatic heterocycles. The maximum absolute atomic E-state index is 11.3. The lowest BCUT2D eigenvalue weighted by atomic mass is 10.1. The van der Waals surface area contributed by atoms with Gasteiger partial charge in [-0.05, 0) is 32.1 Å². The summed E-state index contributed by atoms with van der Waals surface area (Å²) in [6.45, 7) is 2.15. The van der Waals surface area contributed by atoms with Gasteiger partial charge in [-0.2, -0.15) is 0 Å². The number of hydrogen-bond donors (Lipinski definition) is 0. The number of allylic oxidation sites excluding steroid dienone is 8. The van der Waals surface area contributed by atoms with E-state index in [0.29, 0.717) is 18.6 Å². The molecule has 0 aromatic rings. The minimum absolute atomic E-state index is 0.337. The zero-order chi connectivity index (χ0) is 14.9. The van der Waals surface area contributed by atoms with E-state index in [9.17, 15) is 4.79 Å². The van der Waals surface area contributed by atoms with E-state index in [1.165, 1.54) is 0 Å². The van der Waals surface area contributed by atoms with Gasteiger partial charge in [0.2, 0.25) is 0 Å². The maximum Gasteiger partial charge on any atom is 0.134 e. The first-order valence-electron chi connectivity index (χ1n) is 7.48. The Morgan fingerprint density at radius 3 is 1.80 bits per heavy atom. The highest BCUT2D eigenvalue weighted by Gasteiger charge is 1.97. The highest BCUT2D eigenvalue weighted by atomic mass is 79.9. The monoisotopic (exact) mass is 338 g/mol. The summed E-state index contributed by atoms with van der Waals surface area (Å²) in [4.78, 5) is 11.3. The third-order valence-electron chi connectivity index (χ3n) is 2.68. The second kappa shape index (κ2) is 16.2. The van der Waals surface area contributed by atoms with Crippen LogP contribution < -0.4 is 0 Å². The van der Waals surface area contributed by atoms with Crippen LogP contribution in [0.2, 0.25) is 0 Å². The van der Waals surface area contributed by atoms with Crippen LogP contribution in [-0.2, 0) is 4.79 Å². The predicted molar refractivity (Wildman–Crippen MR) is 93.4 cm³/mol. The molecule has 0 aliphatic heterocycles. The fraction of sp³-hybridized carbons (Fsp3) is 0.500. The van der Waals surface area contributed by atoms with E-state index in [4.69, 9.17) is 0 Å². The minimum Gasteiger partial charge on any atom is -0.300 e. The summed E-state index contributed by atoms with van der Waals surface area (Å²) in [5, 5.41) is 0.778. The van der Waals surface area contributed by atoms with Crippen molar-refractivity contribution in [1.82, 2.24) is 0 Å². The van der Waals surface area contributed by atoms with E-state index in [1.807, 2.05) is 0 Å². The SMILES string of the molecule is CC/C=C\C/C=C\C/C=C\C/C=C\CCC(=O)CCBr. The van der Waals surface area contributed by atoms with Gasteiger partial charge in [0.1, 0.15) is 5.78 Å². The molecular weight excluding hydrogens is 312 g/mol. The molecule has 0 unspecified atom stereocenters. The second-order valence-corrected chi connectivity index (χ2v) is 5.31. The molecule has 0 bridgehead atoms. The molecule has 0 radical (unpaired) electrons. The molecule has 0 spiro atoms. The summed E-state index contributed by atoms with van der Waals surface area (Å²) in [5.74, 6) is 0.337. The summed E-state index contributed by atoms with van der Waals surface area (Å²) >= 11 is 3.27. The van der Waals surface area contributed by atoms with E-state index in [2.05, 4.69) is 71.5 Å². The lowest BCUT2D eigenvalue weighted by Gasteiger charge is -1.93. The van der Waals surface area contributed by atoms with E-state index in [0.717, 1.165) is 37.4 Å². The highest BCUT2D eigenvalue weighted by molar-refractivity contribution is 9.09. The molecule has 0 aliphatic carbocycles. The molecule has 2 heteroatoms. The van der Waals surface area contributed by atoms with Gasteiger partial charge in [-0.25, -0.2) is 0 Å². The van der Waals surface area contributed by atoms with Crippen LogP contribution in [0, 0.1) is 0 Å². The van der Waals surface area contributed by atoms with Crippen molar-refractivity contribution in [3.8, 4) is 0 Å². The highest BCUT2D eigenvalue weighted by Crippen LogP contribution is 2.00. The Hall–Kier alpha value is -0.890. The summed E-state index contributed by atoms with van der Waals surface area (Å²) < 4.78 is 0. The molecule has 112 valence electrons. The number of hydrogen-bond acceptors (Lipinski definition) is 1. The van der Waals surface area contributed by atoms with Crippen molar-refractivity contribution in [1.29, 1.82) is 0 Å². The number of alkyl halides is 1. The predicted octanol–water partition coefficient (Wildman–Crippen LogP) is 5.93. The van der Waals surface area contributed by atoms with Crippen molar-refractivity contribution >= 4 is 21.7 Å². The first-order valence-corrected chi connectivity index (χ1v) is 8.61. The Morgan fingerprint density at radius 1 is 0.800 bits per heavy atom. The third-order valence-corrected chi connectivity index (χ3v) is 3.08. The first kappa shape index (κ1) is 19.1. The van der Waals surface area contributed by atoms with Gasteiger partial charge in [0.25, 0.3) is 0 Å². The van der Waals surface area contributed by atoms with Crippen molar-refractivity contribution in [2.75, 3.05) is 5.33 Å². The van der Waals surface area contributed by atoms with Crippen LogP contribution in [0.15, 0.2) is 48.6 Å². The fourth-order valence-electron chi connectivity index (χ4n) is 1.57. The second-order valence-electron chi connectivity index (χ2n) is 4.52. The lowest BCUT2D eigenvalue weighted by Crippen LogP contribution is -1.96. The molecule has 0 saturated carbocycles. The standard InChI is InChI=1S/C18H27BrO/c1-2-3-4-5-6-7-8-9-10-11-12-13-14-15-18(20)16-17-19/h3-4,6-7,9-10,12-13H,2,5,8,11,14-17H2,1H3/b4-3-,7-6-,10-9-,13-12-. The van der Waals surface area contributed by atoms with Gasteiger partial charge in [0.15, 0.2) is 0 Å². The van der Waals surface area contributed by atoms with E-state index >= 15 is 0 Å². The molecule has 0 aliphatic rings. The Kier molecular flexibility index (Phi) is 15.4. The molecule has 20 heavy (non-hydrogen) atoms. The summed E-state index contributed by atoms with van der Waals surface area (Å²) in [6, 6.07) is 0. The van der Waals surface area contributed by atoms with Crippen molar-refractivity contribution < 1.29 is 4.79 Å². The molecular formula is C18H27BrO. The molecule has 0 rings (SSSR count). The molecule has 0 atom stereocenters. The van der Waals surface area contributed by atoms with Gasteiger partial charge < -0.3 is 0 Å². The molecule has 0 saturated heterocycles. The van der Waals surface area contributed by atoms with Crippen molar-refractivity contribution in [2.45, 2.75) is 51.9 Å². The Morgan fingerprint density at radius 2 is 1.30 bits per heavy atom. The van der Waals surface area contributed by atoms with Gasteiger partial charge in [-0.3, -0.25) is 4.79 Å². The van der Waals surface area contributed by atoms with Crippen LogP contribution in [-0.4, -0.2) is 11.1 Å². The van der Waals surface area contributed by atoms with E-state index in [1.54, 1.807) is 0 Å². The van der Waals surface area contributed by atoms with Gasteiger partial charge >= 0.3 is 0 Å². The van der Waals surface area contributed by atoms with Crippen molar-refractivity contribution in [3.63, 3.8) is 0 Å². The number of ketones is 1. The molecule has 0 aromatic carbocycles. The molecule has 1 nitrogen and oxygen atoms in total. The number of carbonyl (C=O) groups is 1. The van der Waals surface area contributed by atoms with Gasteiger partial charge in [-0.1, -0.05) is 71.5 Å². The largest absolute Gasteiger partial charge is 0.300 e. The Balaban J connectivity index is 3.47. The summed E-state index contributed by atoms with van der Waals surface area (Å²) in [5.41, 5.74) is 0. The molecule has 0 amide bonds. The quantitative estimate of drug-likeness (QED) is 0.318. The molecule has 0 heterocycles. The Labute approximate surface area is 132 Å². The Bertz CT molecular complexity index is 337. The van der Waals surface area contributed by atoms with Gasteiger partial charge in [0, 0.05) is 18.2 Å². The number of carbonyl (C=O) groups excluding carboxylic acids is 1. The smallest absolute Gasteiger partial charge is 0.134 e. The summed E-state index contributed by atoms with van der Waals surface area (Å²) in [7, 11) is 0. The minimum atomic E-state index is 0.337. The lowest BCUT2D eigenvalue weighted by molar-refractivity contribution is -0.118. The first-order chi connectivity index (χ1) is 9.81. The average molecular weight is 339 g/mol. The number of rotatable bonds is 12. The van der Waals surface area contributed by atoms with Crippen molar-refractivity contribution in [3.05, 3.63) is 48.6 Å². The van der Waals surface area contributed by atoms with E-state index in [-0.39, 0.29) is 0 Å². The zero-order valence-electron chi connectivity index (χ0n) is 12.6. The van der Waals surface area contributed by atoms with Crippen LogP contribution in [0.5, 0.6) is 0 Å². The summed E-state index contributed by atoms with van der Waals surface area (Å²) in [6.07, 6.45) is 23.6. The van der Waals surface area contributed by atoms with Gasteiger partial charge in [-0.15, -0.1) is 0 Å². The average Bonchev–Trinajstić information content (AvgIpc) is 2.44. The van der Waals surface area contributed by atoms with E-state index < -0.39 is 0 Å². The van der Waals surface area contributed by atoms with Crippen molar-refractivity contribution in [2.24, 2.45) is 0 Å². The maximum atomic E-state index is 11.3. The third kappa shape index (κ3) is 15.2. The van der Waals surface area contributed by atoms with Crippen LogP contribution in [0.25, 0.3) is 0 Å². The van der Waals surface area contributed by atoms with Crippen LogP contribution in [0.3, 0.4) is 0 Å². The van der Waals surface area contributed by atoms with Crippen LogP contribution >= 0.6 is 15.9 Å². The fourth-order valence-corrected chi connectivity index (χ4v) is 2.01. The number of halogens is 1.